The summed E-state index contributed by atoms with van der Waals surface area (Å²) in [7, 11) is 0. The van der Waals surface area contributed by atoms with Gasteiger partial charge in [0.2, 0.25) is 0 Å². The molecule has 1 unspecified atom stereocenters. The Labute approximate surface area is 176 Å². The van der Waals surface area contributed by atoms with Crippen LogP contribution in [0.2, 0.25) is 0 Å². The molecule has 1 aliphatic rings. The van der Waals surface area contributed by atoms with Gasteiger partial charge in [-0.1, -0.05) is 78.5 Å². The molecule has 162 valence electrons. The Bertz CT molecular complexity index is 465. The predicted octanol–water partition coefficient (Wildman–Crippen LogP) is 7.53. The zero-order chi connectivity index (χ0) is 20.7. The lowest BCUT2D eigenvalue weighted by molar-refractivity contribution is 0.125. The first-order chi connectivity index (χ1) is 13.7. The molecule has 0 aromatic heterocycles. The minimum Gasteiger partial charge on any atom is -0.372 e. The molecule has 0 radical (unpaired) electrons. The van der Waals surface area contributed by atoms with E-state index in [9.17, 15) is 0 Å². The van der Waals surface area contributed by atoms with Gasteiger partial charge in [0.25, 0.3) is 0 Å². The van der Waals surface area contributed by atoms with Crippen molar-refractivity contribution in [2.45, 2.75) is 104 Å². The van der Waals surface area contributed by atoms with E-state index >= 15 is 0 Å². The van der Waals surface area contributed by atoms with Crippen molar-refractivity contribution in [3.8, 4) is 0 Å². The number of anilines is 1. The first-order valence-corrected chi connectivity index (χ1v) is 12.2. The number of unbranched alkanes of at least 4 members (excludes halogenated alkanes) is 3. The molecule has 28 heavy (non-hydrogen) atoms. The van der Waals surface area contributed by atoms with Crippen LogP contribution >= 0.6 is 0 Å². The molecule has 0 amide bonds. The molecule has 0 N–H and O–H groups in total. The van der Waals surface area contributed by atoms with Crippen LogP contribution in [0.4, 0.5) is 5.69 Å². The maximum atomic E-state index is 2.71. The van der Waals surface area contributed by atoms with Gasteiger partial charge in [0.05, 0.1) is 0 Å². The van der Waals surface area contributed by atoms with Crippen molar-refractivity contribution in [2.24, 2.45) is 0 Å². The molecule has 1 atom stereocenters. The van der Waals surface area contributed by atoms with Crippen LogP contribution in [0.5, 0.6) is 0 Å². The Kier molecular flexibility index (Phi) is 13.3. The Morgan fingerprint density at radius 2 is 1.46 bits per heavy atom. The molecule has 1 fully saturated rings. The summed E-state index contributed by atoms with van der Waals surface area (Å²) in [5.41, 5.74) is 1.96. The van der Waals surface area contributed by atoms with Crippen molar-refractivity contribution >= 4 is 5.69 Å². The summed E-state index contributed by atoms with van der Waals surface area (Å²) in [4.78, 5) is 5.22. The van der Waals surface area contributed by atoms with E-state index in [1.165, 1.54) is 96.1 Å². The minimum absolute atomic E-state index is 0.588. The van der Waals surface area contributed by atoms with Crippen molar-refractivity contribution in [3.05, 3.63) is 30.3 Å². The van der Waals surface area contributed by atoms with Gasteiger partial charge in [-0.2, -0.15) is 0 Å². The summed E-state index contributed by atoms with van der Waals surface area (Å²) in [6, 6.07) is 10.8. The summed E-state index contributed by atoms with van der Waals surface area (Å²) in [5.74, 6) is 0. The molecular formula is C26H48N2. The van der Waals surface area contributed by atoms with Crippen LogP contribution in [-0.2, 0) is 0 Å². The third-order valence-electron chi connectivity index (χ3n) is 6.46. The topological polar surface area (TPSA) is 6.48 Å². The molecule has 2 heteroatoms. The fourth-order valence-corrected chi connectivity index (χ4v) is 4.56. The van der Waals surface area contributed by atoms with Crippen LogP contribution in [0.25, 0.3) is 0 Å². The summed E-state index contributed by atoms with van der Waals surface area (Å²) in [6.45, 7) is 16.5. The fourth-order valence-electron chi connectivity index (χ4n) is 4.56. The molecule has 0 saturated carbocycles. The third-order valence-corrected chi connectivity index (χ3v) is 6.46. The van der Waals surface area contributed by atoms with E-state index in [2.05, 4.69) is 74.8 Å². The molecule has 2 nitrogen and oxygen atoms in total. The lowest BCUT2D eigenvalue weighted by Crippen LogP contribution is -2.43. The van der Waals surface area contributed by atoms with E-state index in [1.807, 2.05) is 0 Å². The lowest BCUT2D eigenvalue weighted by atomic mass is 9.87. The van der Waals surface area contributed by atoms with Gasteiger partial charge in [0.1, 0.15) is 0 Å². The fraction of sp³-hybridized carbons (Fsp3) is 0.769. The highest BCUT2D eigenvalue weighted by Crippen LogP contribution is 2.36. The highest BCUT2D eigenvalue weighted by molar-refractivity contribution is 5.45. The molecule has 2 rings (SSSR count). The number of rotatable bonds is 12. The standard InChI is InChI=1S/C14H23N.C12H25N/c1-3-5-12-15(13-6-4-2)14-10-8-7-9-11-14;1-4-7-9-12(5-2)10-8-11-13(12)6-3/h7-11H,3-6,12-13H2,1-2H3;4-11H2,1-3H3. The van der Waals surface area contributed by atoms with Crippen LogP contribution in [0.15, 0.2) is 30.3 Å². The van der Waals surface area contributed by atoms with Gasteiger partial charge in [0, 0.05) is 24.3 Å². The van der Waals surface area contributed by atoms with E-state index in [0.29, 0.717) is 5.54 Å². The molecule has 1 heterocycles. The van der Waals surface area contributed by atoms with Crippen LogP contribution in [0.1, 0.15) is 98.8 Å². The summed E-state index contributed by atoms with van der Waals surface area (Å²) < 4.78 is 0. The van der Waals surface area contributed by atoms with Gasteiger partial charge < -0.3 is 4.90 Å². The van der Waals surface area contributed by atoms with E-state index in [1.54, 1.807) is 0 Å². The van der Waals surface area contributed by atoms with Crippen LogP contribution in [0, 0.1) is 0 Å². The third kappa shape index (κ3) is 8.15. The van der Waals surface area contributed by atoms with Crippen LogP contribution < -0.4 is 4.90 Å². The summed E-state index contributed by atoms with van der Waals surface area (Å²) >= 11 is 0. The summed E-state index contributed by atoms with van der Waals surface area (Å²) in [5, 5.41) is 0. The number of para-hydroxylation sites is 1. The molecule has 1 aromatic rings. The monoisotopic (exact) mass is 388 g/mol. The van der Waals surface area contributed by atoms with Gasteiger partial charge in [-0.25, -0.2) is 0 Å². The smallest absolute Gasteiger partial charge is 0.0366 e. The normalized spacial score (nSPS) is 19.3. The Morgan fingerprint density at radius 3 is 1.96 bits per heavy atom. The SMILES string of the molecule is CCCCC1(CC)CCCN1CC.CCCCN(CCCC)c1ccccc1. The predicted molar refractivity (Wildman–Crippen MR) is 127 cm³/mol. The second-order valence-corrected chi connectivity index (χ2v) is 8.39. The second kappa shape index (κ2) is 14.9. The Balaban J connectivity index is 0.000000283. The van der Waals surface area contributed by atoms with Crippen LogP contribution in [0.3, 0.4) is 0 Å². The highest BCUT2D eigenvalue weighted by atomic mass is 15.2. The van der Waals surface area contributed by atoms with Gasteiger partial charge in [-0.15, -0.1) is 0 Å². The first-order valence-electron chi connectivity index (χ1n) is 12.2. The summed E-state index contributed by atoms with van der Waals surface area (Å²) in [6.07, 6.45) is 13.5. The average Bonchev–Trinajstić information content (AvgIpc) is 3.17. The van der Waals surface area contributed by atoms with E-state index in [0.717, 1.165) is 0 Å². The van der Waals surface area contributed by atoms with E-state index < -0.39 is 0 Å². The van der Waals surface area contributed by atoms with E-state index in [-0.39, 0.29) is 0 Å². The molecule has 1 aromatic carbocycles. The van der Waals surface area contributed by atoms with Gasteiger partial charge >= 0.3 is 0 Å². The van der Waals surface area contributed by atoms with E-state index in [4.69, 9.17) is 0 Å². The van der Waals surface area contributed by atoms with Crippen LogP contribution in [-0.4, -0.2) is 36.6 Å². The quantitative estimate of drug-likeness (QED) is 0.365. The molecule has 1 aliphatic heterocycles. The largest absolute Gasteiger partial charge is 0.372 e. The van der Waals surface area contributed by atoms with Gasteiger partial charge in [-0.05, 0) is 63.7 Å². The molecule has 1 saturated heterocycles. The highest BCUT2D eigenvalue weighted by Gasteiger charge is 2.37. The molecule has 0 aliphatic carbocycles. The number of likely N-dealkylation sites (tertiary alicyclic amines) is 1. The minimum atomic E-state index is 0.588. The van der Waals surface area contributed by atoms with Crippen molar-refractivity contribution < 1.29 is 0 Å². The first kappa shape index (κ1) is 25.0. The van der Waals surface area contributed by atoms with Crippen molar-refractivity contribution in [3.63, 3.8) is 0 Å². The maximum Gasteiger partial charge on any atom is 0.0366 e. The van der Waals surface area contributed by atoms with Gasteiger partial charge in [0.15, 0.2) is 0 Å². The number of benzene rings is 1. The zero-order valence-corrected chi connectivity index (χ0v) is 19.7. The average molecular weight is 389 g/mol. The Hall–Kier alpha value is -1.02. The molecule has 0 bridgehead atoms. The van der Waals surface area contributed by atoms with Gasteiger partial charge in [-0.3, -0.25) is 4.90 Å². The lowest BCUT2D eigenvalue weighted by Gasteiger charge is -2.37. The Morgan fingerprint density at radius 1 is 0.857 bits per heavy atom. The number of hydrogen-bond donors (Lipinski definition) is 0. The van der Waals surface area contributed by atoms with Crippen molar-refractivity contribution in [2.75, 3.05) is 31.1 Å². The second-order valence-electron chi connectivity index (χ2n) is 8.39. The number of hydrogen-bond acceptors (Lipinski definition) is 2. The maximum absolute atomic E-state index is 2.71. The van der Waals surface area contributed by atoms with Crippen molar-refractivity contribution in [1.82, 2.24) is 4.90 Å². The molecular weight excluding hydrogens is 340 g/mol. The number of nitrogens with zero attached hydrogens (tertiary/aromatic N) is 2. The zero-order valence-electron chi connectivity index (χ0n) is 19.7. The van der Waals surface area contributed by atoms with Crippen molar-refractivity contribution in [1.29, 1.82) is 0 Å². The molecule has 0 spiro atoms.